The second-order valence-corrected chi connectivity index (χ2v) is 11.3. The molecule has 0 spiro atoms. The van der Waals surface area contributed by atoms with Crippen LogP contribution < -0.4 is 0 Å². The molecule has 5 heteroatoms. The summed E-state index contributed by atoms with van der Waals surface area (Å²) in [4.78, 5) is 37.1. The summed E-state index contributed by atoms with van der Waals surface area (Å²) in [5.74, 6) is 1.89. The highest BCUT2D eigenvalue weighted by molar-refractivity contribution is 8.17. The summed E-state index contributed by atoms with van der Waals surface area (Å²) in [6, 6.07) is 0. The minimum atomic E-state index is -0.0727. The maximum absolute atomic E-state index is 12.6. The fraction of sp³-hybridized carbons (Fsp3) is 0.792. The molecule has 3 fully saturated rings. The molecular formula is C24H34O4S. The van der Waals surface area contributed by atoms with Crippen LogP contribution in [0.15, 0.2) is 10.5 Å². The monoisotopic (exact) mass is 418 g/mol. The maximum Gasteiger partial charge on any atom is 0.305 e. The van der Waals surface area contributed by atoms with Crippen molar-refractivity contribution in [3.8, 4) is 0 Å². The highest BCUT2D eigenvalue weighted by Gasteiger charge is 2.60. The number of carbonyl (C=O) groups is 3. The molecule has 0 heterocycles. The lowest BCUT2D eigenvalue weighted by Gasteiger charge is -2.58. The Balaban J connectivity index is 1.63. The van der Waals surface area contributed by atoms with Crippen molar-refractivity contribution in [2.24, 2.45) is 28.6 Å². The Morgan fingerprint density at radius 3 is 2.52 bits per heavy atom. The number of hydrogen-bond donors (Lipinski definition) is 0. The van der Waals surface area contributed by atoms with Gasteiger partial charge in [0.05, 0.1) is 4.91 Å². The Kier molecular flexibility index (Phi) is 5.50. The van der Waals surface area contributed by atoms with Gasteiger partial charge < -0.3 is 4.74 Å². The van der Waals surface area contributed by atoms with Crippen LogP contribution in [0.1, 0.15) is 85.5 Å². The highest BCUT2D eigenvalue weighted by Crippen LogP contribution is 2.66. The van der Waals surface area contributed by atoms with Crippen molar-refractivity contribution in [3.05, 3.63) is 10.5 Å². The Bertz CT molecular complexity index is 771. The van der Waals surface area contributed by atoms with Gasteiger partial charge in [0.15, 0.2) is 10.9 Å². The molecule has 4 aliphatic carbocycles. The Morgan fingerprint density at radius 2 is 1.83 bits per heavy atom. The van der Waals surface area contributed by atoms with E-state index in [9.17, 15) is 14.4 Å². The first-order valence-corrected chi connectivity index (χ1v) is 12.2. The minimum Gasteiger partial charge on any atom is -0.462 e. The van der Waals surface area contributed by atoms with E-state index in [2.05, 4.69) is 13.8 Å². The van der Waals surface area contributed by atoms with Crippen LogP contribution in [0, 0.1) is 28.6 Å². The topological polar surface area (TPSA) is 60.4 Å². The molecule has 3 saturated carbocycles. The zero-order valence-corrected chi connectivity index (χ0v) is 19.0. The summed E-state index contributed by atoms with van der Waals surface area (Å²) < 4.78 is 5.89. The predicted molar refractivity (Wildman–Crippen MR) is 114 cm³/mol. The fourth-order valence-corrected chi connectivity index (χ4v) is 8.28. The molecule has 0 aromatic heterocycles. The average molecular weight is 419 g/mol. The van der Waals surface area contributed by atoms with E-state index in [1.165, 1.54) is 17.3 Å². The van der Waals surface area contributed by atoms with Gasteiger partial charge in [-0.05, 0) is 85.4 Å². The fourth-order valence-electron chi connectivity index (χ4n) is 7.32. The highest BCUT2D eigenvalue weighted by atomic mass is 32.2. The van der Waals surface area contributed by atoms with E-state index in [1.54, 1.807) is 6.92 Å². The number of esters is 1. The van der Waals surface area contributed by atoms with Gasteiger partial charge in [0.25, 0.3) is 0 Å². The normalized spacial score (nSPS) is 41.4. The van der Waals surface area contributed by atoms with Crippen molar-refractivity contribution >= 4 is 28.6 Å². The van der Waals surface area contributed by atoms with Gasteiger partial charge in [-0.25, -0.2) is 0 Å². The van der Waals surface area contributed by atoms with Crippen LogP contribution in [0.2, 0.25) is 0 Å². The number of Topliss-reactive ketones (excluding diaryl/α,β-unsaturated/α-hetero) is 1. The first-order valence-electron chi connectivity index (χ1n) is 11.4. The summed E-state index contributed by atoms with van der Waals surface area (Å²) in [5.41, 5.74) is 1.39. The lowest BCUT2D eigenvalue weighted by molar-refractivity contribution is -0.159. The molecule has 0 saturated heterocycles. The summed E-state index contributed by atoms with van der Waals surface area (Å²) >= 11 is 1.17. The summed E-state index contributed by atoms with van der Waals surface area (Å²) in [5, 5.41) is 0.0137. The second-order valence-electron chi connectivity index (χ2n) is 10.1. The number of ketones is 1. The van der Waals surface area contributed by atoms with Gasteiger partial charge in [-0.3, -0.25) is 14.4 Å². The van der Waals surface area contributed by atoms with Crippen LogP contribution in [0.5, 0.6) is 0 Å². The van der Waals surface area contributed by atoms with E-state index in [0.717, 1.165) is 49.9 Å². The first-order chi connectivity index (χ1) is 13.7. The molecule has 0 amide bonds. The number of allylic oxidation sites excluding steroid dienone is 1. The summed E-state index contributed by atoms with van der Waals surface area (Å²) in [6.45, 7) is 8.14. The van der Waals surface area contributed by atoms with Gasteiger partial charge in [-0.15, -0.1) is 0 Å². The number of hydrogen-bond acceptors (Lipinski definition) is 5. The van der Waals surface area contributed by atoms with E-state index in [4.69, 9.17) is 4.74 Å². The molecule has 29 heavy (non-hydrogen) atoms. The van der Waals surface area contributed by atoms with Gasteiger partial charge in [0, 0.05) is 25.2 Å². The van der Waals surface area contributed by atoms with Crippen molar-refractivity contribution in [1.82, 2.24) is 0 Å². The lowest BCUT2D eigenvalue weighted by atomic mass is 9.47. The van der Waals surface area contributed by atoms with Gasteiger partial charge in [-0.1, -0.05) is 20.8 Å². The van der Waals surface area contributed by atoms with Gasteiger partial charge in [0.2, 0.25) is 0 Å². The number of ether oxygens (including phenoxy) is 1. The van der Waals surface area contributed by atoms with Gasteiger partial charge >= 0.3 is 5.97 Å². The molecule has 0 radical (unpaired) electrons. The Hall–Kier alpha value is -1.10. The molecule has 0 bridgehead atoms. The third kappa shape index (κ3) is 3.32. The zero-order chi connectivity index (χ0) is 21.0. The number of rotatable bonds is 3. The Labute approximate surface area is 178 Å². The van der Waals surface area contributed by atoms with Gasteiger partial charge in [-0.2, -0.15) is 0 Å². The molecular weight excluding hydrogens is 384 g/mol. The average Bonchev–Trinajstić information content (AvgIpc) is 3.00. The van der Waals surface area contributed by atoms with Gasteiger partial charge in [0.1, 0.15) is 6.10 Å². The van der Waals surface area contributed by atoms with Crippen LogP contribution in [0.3, 0.4) is 0 Å². The third-order valence-corrected chi connectivity index (χ3v) is 9.76. The van der Waals surface area contributed by atoms with Crippen LogP contribution in [-0.4, -0.2) is 23.0 Å². The molecule has 6 unspecified atom stereocenters. The largest absolute Gasteiger partial charge is 0.462 e. The van der Waals surface area contributed by atoms with Crippen LogP contribution in [0.25, 0.3) is 0 Å². The van der Waals surface area contributed by atoms with E-state index >= 15 is 0 Å². The standard InChI is InChI=1S/C24H34O4S/c1-5-21(27)28-20-9-8-16-15-6-7-18-22(29-14(2)25)19(26)11-13-23(18,3)17(15)10-12-24(16,20)4/h15-17,20H,5-13H2,1-4H3. The smallest absolute Gasteiger partial charge is 0.305 e. The van der Waals surface area contributed by atoms with E-state index in [-0.39, 0.29) is 33.8 Å². The maximum atomic E-state index is 12.6. The summed E-state index contributed by atoms with van der Waals surface area (Å²) in [7, 11) is 0. The molecule has 4 nitrogen and oxygen atoms in total. The number of fused-ring (bicyclic) bond motifs is 5. The second kappa shape index (κ2) is 7.55. The molecule has 4 rings (SSSR count). The lowest BCUT2D eigenvalue weighted by Crippen LogP contribution is -2.52. The molecule has 4 aliphatic rings. The SMILES string of the molecule is CCC(=O)OC1CCC2C3CCC4=C(SC(C)=O)C(=O)CCC4(C)C3CCC12C. The van der Waals surface area contributed by atoms with E-state index in [1.807, 2.05) is 6.92 Å². The van der Waals surface area contributed by atoms with Crippen molar-refractivity contribution in [2.45, 2.75) is 91.6 Å². The number of thioether (sulfide) groups is 1. The molecule has 0 aromatic rings. The molecule has 160 valence electrons. The predicted octanol–water partition coefficient (Wildman–Crippen LogP) is 5.45. The quantitative estimate of drug-likeness (QED) is 0.571. The van der Waals surface area contributed by atoms with Crippen molar-refractivity contribution in [2.75, 3.05) is 0 Å². The zero-order valence-electron chi connectivity index (χ0n) is 18.2. The molecule has 0 aromatic carbocycles. The number of carbonyl (C=O) groups excluding carboxylic acids is 3. The first kappa shape index (κ1) is 21.1. The minimum absolute atomic E-state index is 0.0137. The van der Waals surface area contributed by atoms with E-state index in [0.29, 0.717) is 30.6 Å². The molecule has 6 atom stereocenters. The third-order valence-electron chi connectivity index (χ3n) is 8.79. The van der Waals surface area contributed by atoms with Crippen LogP contribution in [-0.2, 0) is 19.1 Å². The molecule has 0 N–H and O–H groups in total. The van der Waals surface area contributed by atoms with Crippen molar-refractivity contribution in [3.63, 3.8) is 0 Å². The summed E-state index contributed by atoms with van der Waals surface area (Å²) in [6.07, 6.45) is 8.37. The molecule has 0 aliphatic heterocycles. The van der Waals surface area contributed by atoms with Crippen molar-refractivity contribution in [1.29, 1.82) is 0 Å². The van der Waals surface area contributed by atoms with Crippen LogP contribution >= 0.6 is 11.8 Å². The van der Waals surface area contributed by atoms with Crippen LogP contribution in [0.4, 0.5) is 0 Å². The van der Waals surface area contributed by atoms with Crippen molar-refractivity contribution < 1.29 is 19.1 Å². The Morgan fingerprint density at radius 1 is 1.07 bits per heavy atom. The van der Waals surface area contributed by atoms with E-state index < -0.39 is 0 Å².